The molecule has 1 aliphatic rings. The highest BCUT2D eigenvalue weighted by molar-refractivity contribution is 8.01. The molecule has 0 saturated carbocycles. The minimum absolute atomic E-state index is 0.0635. The molecule has 1 atom stereocenters. The lowest BCUT2D eigenvalue weighted by Crippen LogP contribution is -2.32. The lowest BCUT2D eigenvalue weighted by molar-refractivity contribution is -0.119. The van der Waals surface area contributed by atoms with Crippen LogP contribution in [0.25, 0.3) is 0 Å². The quantitative estimate of drug-likeness (QED) is 0.543. The molecule has 9 heteroatoms. The van der Waals surface area contributed by atoms with Gasteiger partial charge in [-0.15, -0.1) is 10.2 Å². The molecule has 0 spiro atoms. The second-order valence-electron chi connectivity index (χ2n) is 6.35. The van der Waals surface area contributed by atoms with E-state index in [1.165, 1.54) is 23.1 Å². The Morgan fingerprint density at radius 3 is 2.89 bits per heavy atom. The molecule has 1 fully saturated rings. The SMILES string of the molecule is Cc1ccc(C(=O)Nc2nnc(SCC(=O)NC[C@H]3CCCO3)s2)cc1C. The van der Waals surface area contributed by atoms with Crippen LogP contribution in [0.5, 0.6) is 0 Å². The van der Waals surface area contributed by atoms with Crippen molar-refractivity contribution >= 4 is 40.0 Å². The van der Waals surface area contributed by atoms with E-state index in [9.17, 15) is 9.59 Å². The van der Waals surface area contributed by atoms with E-state index in [4.69, 9.17) is 4.74 Å². The highest BCUT2D eigenvalue weighted by Crippen LogP contribution is 2.25. The molecule has 27 heavy (non-hydrogen) atoms. The number of amides is 2. The summed E-state index contributed by atoms with van der Waals surface area (Å²) in [5.41, 5.74) is 2.78. The minimum atomic E-state index is -0.222. The van der Waals surface area contributed by atoms with E-state index in [0.29, 0.717) is 21.6 Å². The molecule has 2 amide bonds. The number of ether oxygens (including phenoxy) is 1. The van der Waals surface area contributed by atoms with Crippen molar-refractivity contribution in [3.05, 3.63) is 34.9 Å². The van der Waals surface area contributed by atoms with Gasteiger partial charge in [-0.2, -0.15) is 0 Å². The number of nitrogens with one attached hydrogen (secondary N) is 2. The standard InChI is InChI=1S/C18H22N4O3S2/c1-11-5-6-13(8-12(11)2)16(24)20-17-21-22-18(27-17)26-10-15(23)19-9-14-4-3-7-25-14/h5-6,8,14H,3-4,7,9-10H2,1-2H3,(H,19,23)(H,20,21,24)/t14-/m1/s1. The van der Waals surface area contributed by atoms with Crippen LogP contribution < -0.4 is 10.6 Å². The van der Waals surface area contributed by atoms with Gasteiger partial charge in [-0.3, -0.25) is 14.9 Å². The number of carbonyl (C=O) groups is 2. The second-order valence-corrected chi connectivity index (χ2v) is 8.55. The molecule has 144 valence electrons. The predicted octanol–water partition coefficient (Wildman–Crippen LogP) is 2.79. The Bertz CT molecular complexity index is 819. The molecule has 0 aliphatic carbocycles. The number of nitrogens with zero attached hydrogens (tertiary/aromatic N) is 2. The summed E-state index contributed by atoms with van der Waals surface area (Å²) < 4.78 is 6.11. The number of hydrogen-bond acceptors (Lipinski definition) is 7. The van der Waals surface area contributed by atoms with Crippen LogP contribution in [0.4, 0.5) is 5.13 Å². The molecular weight excluding hydrogens is 384 g/mol. The van der Waals surface area contributed by atoms with Crippen LogP contribution in [-0.2, 0) is 9.53 Å². The first kappa shape index (κ1) is 19.8. The monoisotopic (exact) mass is 406 g/mol. The fourth-order valence-corrected chi connectivity index (χ4v) is 4.16. The van der Waals surface area contributed by atoms with Gasteiger partial charge in [0.25, 0.3) is 5.91 Å². The van der Waals surface area contributed by atoms with Gasteiger partial charge in [0.05, 0.1) is 11.9 Å². The van der Waals surface area contributed by atoms with Crippen LogP contribution in [-0.4, -0.2) is 47.0 Å². The van der Waals surface area contributed by atoms with E-state index in [1.54, 1.807) is 6.07 Å². The van der Waals surface area contributed by atoms with Crippen molar-refractivity contribution in [3.8, 4) is 0 Å². The van der Waals surface area contributed by atoms with Crippen LogP contribution in [0.1, 0.15) is 34.3 Å². The summed E-state index contributed by atoms with van der Waals surface area (Å²) >= 11 is 2.55. The van der Waals surface area contributed by atoms with Gasteiger partial charge < -0.3 is 10.1 Å². The molecule has 0 unspecified atom stereocenters. The Labute approximate surface area is 166 Å². The number of anilines is 1. The Kier molecular flexibility index (Phi) is 6.81. The number of carbonyl (C=O) groups excluding carboxylic acids is 2. The molecule has 1 aromatic carbocycles. The molecule has 1 aromatic heterocycles. The number of aryl methyl sites for hydroxylation is 2. The van der Waals surface area contributed by atoms with Crippen LogP contribution in [0.3, 0.4) is 0 Å². The summed E-state index contributed by atoms with van der Waals surface area (Å²) in [6, 6.07) is 5.55. The molecular formula is C18H22N4O3S2. The van der Waals surface area contributed by atoms with Gasteiger partial charge in [-0.25, -0.2) is 0 Å². The van der Waals surface area contributed by atoms with E-state index in [-0.39, 0.29) is 23.7 Å². The first-order valence-corrected chi connectivity index (χ1v) is 10.5. The number of hydrogen-bond donors (Lipinski definition) is 2. The maximum Gasteiger partial charge on any atom is 0.257 e. The fraction of sp³-hybridized carbons (Fsp3) is 0.444. The Morgan fingerprint density at radius 2 is 2.15 bits per heavy atom. The molecule has 1 aliphatic heterocycles. The lowest BCUT2D eigenvalue weighted by atomic mass is 10.1. The smallest absolute Gasteiger partial charge is 0.257 e. The number of rotatable bonds is 7. The summed E-state index contributed by atoms with van der Waals surface area (Å²) in [6.45, 7) is 5.29. The van der Waals surface area contributed by atoms with Gasteiger partial charge in [-0.05, 0) is 49.9 Å². The van der Waals surface area contributed by atoms with Crippen molar-refractivity contribution < 1.29 is 14.3 Å². The first-order chi connectivity index (χ1) is 13.0. The molecule has 2 aromatic rings. The highest BCUT2D eigenvalue weighted by Gasteiger charge is 2.17. The third kappa shape index (κ3) is 5.75. The number of benzene rings is 1. The van der Waals surface area contributed by atoms with E-state index < -0.39 is 0 Å². The summed E-state index contributed by atoms with van der Waals surface area (Å²) in [5, 5.41) is 14.0. The third-order valence-corrected chi connectivity index (χ3v) is 6.25. The van der Waals surface area contributed by atoms with E-state index in [2.05, 4.69) is 20.8 Å². The van der Waals surface area contributed by atoms with Gasteiger partial charge in [0.2, 0.25) is 11.0 Å². The van der Waals surface area contributed by atoms with Crippen molar-refractivity contribution in [1.29, 1.82) is 0 Å². The Balaban J connectivity index is 1.45. The van der Waals surface area contributed by atoms with Crippen LogP contribution >= 0.6 is 23.1 Å². The topological polar surface area (TPSA) is 93.2 Å². The number of thioether (sulfide) groups is 1. The maximum absolute atomic E-state index is 12.3. The Morgan fingerprint density at radius 1 is 1.30 bits per heavy atom. The average molecular weight is 407 g/mol. The minimum Gasteiger partial charge on any atom is -0.376 e. The summed E-state index contributed by atoms with van der Waals surface area (Å²) in [5.74, 6) is -0.0292. The van der Waals surface area contributed by atoms with Crippen molar-refractivity contribution in [2.24, 2.45) is 0 Å². The molecule has 7 nitrogen and oxygen atoms in total. The normalized spacial score (nSPS) is 16.3. The van der Waals surface area contributed by atoms with Crippen molar-refractivity contribution in [1.82, 2.24) is 15.5 Å². The van der Waals surface area contributed by atoms with E-state index >= 15 is 0 Å². The zero-order chi connectivity index (χ0) is 19.2. The largest absolute Gasteiger partial charge is 0.376 e. The van der Waals surface area contributed by atoms with Crippen molar-refractivity contribution in [2.75, 3.05) is 24.2 Å². The van der Waals surface area contributed by atoms with Crippen LogP contribution in [0.15, 0.2) is 22.5 Å². The summed E-state index contributed by atoms with van der Waals surface area (Å²) in [4.78, 5) is 24.2. The molecule has 1 saturated heterocycles. The Hall–Kier alpha value is -1.97. The van der Waals surface area contributed by atoms with Gasteiger partial charge >= 0.3 is 0 Å². The zero-order valence-corrected chi connectivity index (χ0v) is 16.9. The van der Waals surface area contributed by atoms with Gasteiger partial charge in [-0.1, -0.05) is 29.2 Å². The van der Waals surface area contributed by atoms with Crippen LogP contribution in [0, 0.1) is 13.8 Å². The summed E-state index contributed by atoms with van der Waals surface area (Å²) in [6.07, 6.45) is 2.18. The average Bonchev–Trinajstić information content (AvgIpc) is 3.32. The molecule has 0 radical (unpaired) electrons. The molecule has 0 bridgehead atoms. The van der Waals surface area contributed by atoms with E-state index in [0.717, 1.165) is 30.6 Å². The first-order valence-electron chi connectivity index (χ1n) is 8.74. The van der Waals surface area contributed by atoms with Crippen molar-refractivity contribution in [2.45, 2.75) is 37.1 Å². The van der Waals surface area contributed by atoms with Crippen molar-refractivity contribution in [3.63, 3.8) is 0 Å². The molecule has 3 rings (SSSR count). The van der Waals surface area contributed by atoms with Crippen LogP contribution in [0.2, 0.25) is 0 Å². The zero-order valence-electron chi connectivity index (χ0n) is 15.3. The fourth-order valence-electron chi connectivity index (χ4n) is 2.58. The predicted molar refractivity (Wildman–Crippen MR) is 106 cm³/mol. The highest BCUT2D eigenvalue weighted by atomic mass is 32.2. The molecule has 2 heterocycles. The second kappa shape index (κ2) is 9.29. The lowest BCUT2D eigenvalue weighted by Gasteiger charge is -2.09. The third-order valence-electron chi connectivity index (χ3n) is 4.27. The molecule has 2 N–H and O–H groups in total. The maximum atomic E-state index is 12.3. The van der Waals surface area contributed by atoms with E-state index in [1.807, 2.05) is 26.0 Å². The number of aromatic nitrogens is 2. The van der Waals surface area contributed by atoms with Gasteiger partial charge in [0.1, 0.15) is 0 Å². The van der Waals surface area contributed by atoms with Gasteiger partial charge in [0.15, 0.2) is 4.34 Å². The van der Waals surface area contributed by atoms with Gasteiger partial charge in [0, 0.05) is 18.7 Å². The summed E-state index contributed by atoms with van der Waals surface area (Å²) in [7, 11) is 0.